The van der Waals surface area contributed by atoms with Gasteiger partial charge in [0.05, 0.1) is 22.6 Å². The highest BCUT2D eigenvalue weighted by molar-refractivity contribution is 7.12. The van der Waals surface area contributed by atoms with E-state index in [1.165, 1.54) is 11.3 Å². The van der Waals surface area contributed by atoms with Crippen LogP contribution in [-0.2, 0) is 9.53 Å². The van der Waals surface area contributed by atoms with Crippen LogP contribution in [0.2, 0.25) is 0 Å². The Hall–Kier alpha value is -2.44. The summed E-state index contributed by atoms with van der Waals surface area (Å²) in [5, 5.41) is 12.3. The smallest absolute Gasteiger partial charge is 0.290 e. The standard InChI is InChI=1S/C20H19NO4S/c22-18(15-9-5-11-26-15)16-17(13-6-2-1-3-7-13)21(20(24)19(16)23)12-14-8-4-10-25-14/h1-3,5-7,9,11,14,17,23H,4,8,10,12H2/t14-,17-/m1/s1. The zero-order valence-electron chi connectivity index (χ0n) is 14.1. The molecule has 0 saturated carbocycles. The fourth-order valence-corrected chi connectivity index (χ4v) is 4.28. The van der Waals surface area contributed by atoms with Gasteiger partial charge in [-0.05, 0) is 29.9 Å². The molecule has 1 N–H and O–H groups in total. The van der Waals surface area contributed by atoms with E-state index in [4.69, 9.17) is 4.74 Å². The second kappa shape index (κ2) is 7.05. The Labute approximate surface area is 155 Å². The van der Waals surface area contributed by atoms with E-state index in [0.29, 0.717) is 18.0 Å². The van der Waals surface area contributed by atoms with Gasteiger partial charge in [0.1, 0.15) is 0 Å². The number of hydrogen-bond acceptors (Lipinski definition) is 5. The van der Waals surface area contributed by atoms with Gasteiger partial charge in [0.2, 0.25) is 5.78 Å². The number of carbonyl (C=O) groups is 2. The van der Waals surface area contributed by atoms with Gasteiger partial charge >= 0.3 is 0 Å². The van der Waals surface area contributed by atoms with Gasteiger partial charge in [-0.1, -0.05) is 36.4 Å². The topological polar surface area (TPSA) is 66.8 Å². The number of aliphatic hydroxyl groups is 1. The summed E-state index contributed by atoms with van der Waals surface area (Å²) in [4.78, 5) is 27.9. The van der Waals surface area contributed by atoms with Crippen LogP contribution in [0.3, 0.4) is 0 Å². The van der Waals surface area contributed by atoms with E-state index in [1.807, 2.05) is 35.7 Å². The first kappa shape index (κ1) is 17.0. The number of rotatable bonds is 5. The van der Waals surface area contributed by atoms with E-state index in [0.717, 1.165) is 18.4 Å². The van der Waals surface area contributed by atoms with E-state index in [1.54, 1.807) is 17.0 Å². The number of ether oxygens (including phenoxy) is 1. The number of amides is 1. The first-order chi connectivity index (χ1) is 12.7. The van der Waals surface area contributed by atoms with Crippen molar-refractivity contribution in [3.63, 3.8) is 0 Å². The van der Waals surface area contributed by atoms with Crippen LogP contribution in [0.4, 0.5) is 0 Å². The zero-order valence-corrected chi connectivity index (χ0v) is 14.9. The maximum atomic E-state index is 13.0. The third-order valence-corrected chi connectivity index (χ3v) is 5.70. The SMILES string of the molecule is O=C(C1=C(O)C(=O)N(C[C@H]2CCCO2)[C@@H]1c1ccccc1)c1cccs1. The zero-order chi connectivity index (χ0) is 18.1. The normalized spacial score (nSPS) is 23.1. The lowest BCUT2D eigenvalue weighted by molar-refractivity contribution is -0.131. The predicted molar refractivity (Wildman–Crippen MR) is 98.2 cm³/mol. The van der Waals surface area contributed by atoms with E-state index in [-0.39, 0.29) is 17.5 Å². The first-order valence-corrected chi connectivity index (χ1v) is 9.53. The van der Waals surface area contributed by atoms with E-state index < -0.39 is 17.7 Å². The third-order valence-electron chi connectivity index (χ3n) is 4.83. The van der Waals surface area contributed by atoms with Gasteiger partial charge in [0.25, 0.3) is 5.91 Å². The summed E-state index contributed by atoms with van der Waals surface area (Å²) in [7, 11) is 0. The van der Waals surface area contributed by atoms with Gasteiger partial charge in [-0.15, -0.1) is 11.3 Å². The molecule has 2 atom stereocenters. The maximum absolute atomic E-state index is 13.0. The molecule has 0 aliphatic carbocycles. The summed E-state index contributed by atoms with van der Waals surface area (Å²) in [6.45, 7) is 1.05. The summed E-state index contributed by atoms with van der Waals surface area (Å²) >= 11 is 1.30. The third kappa shape index (κ3) is 2.95. The van der Waals surface area contributed by atoms with Crippen LogP contribution in [0.1, 0.15) is 34.1 Å². The van der Waals surface area contributed by atoms with Gasteiger partial charge in [-0.25, -0.2) is 0 Å². The minimum absolute atomic E-state index is 0.0610. The first-order valence-electron chi connectivity index (χ1n) is 8.65. The van der Waals surface area contributed by atoms with Gasteiger partial charge in [-0.2, -0.15) is 0 Å². The molecular weight excluding hydrogens is 350 g/mol. The Morgan fingerprint density at radius 2 is 2.04 bits per heavy atom. The molecule has 0 radical (unpaired) electrons. The monoisotopic (exact) mass is 369 g/mol. The van der Waals surface area contributed by atoms with Crippen molar-refractivity contribution in [2.24, 2.45) is 0 Å². The average Bonchev–Trinajstić information content (AvgIpc) is 3.40. The van der Waals surface area contributed by atoms with Gasteiger partial charge < -0.3 is 14.7 Å². The van der Waals surface area contributed by atoms with Gasteiger partial charge in [0, 0.05) is 13.2 Å². The highest BCUT2D eigenvalue weighted by Gasteiger charge is 2.44. The number of benzene rings is 1. The molecular formula is C20H19NO4S. The lowest BCUT2D eigenvalue weighted by atomic mass is 9.95. The van der Waals surface area contributed by atoms with Crippen molar-refractivity contribution in [2.45, 2.75) is 25.0 Å². The van der Waals surface area contributed by atoms with Crippen molar-refractivity contribution in [1.82, 2.24) is 4.90 Å². The molecule has 4 rings (SSSR count). The molecule has 1 fully saturated rings. The molecule has 26 heavy (non-hydrogen) atoms. The molecule has 134 valence electrons. The summed E-state index contributed by atoms with van der Waals surface area (Å²) < 4.78 is 5.67. The molecule has 0 spiro atoms. The van der Waals surface area contributed by atoms with Crippen LogP contribution in [0.5, 0.6) is 0 Å². The number of carbonyl (C=O) groups excluding carboxylic acids is 2. The Balaban J connectivity index is 1.74. The summed E-state index contributed by atoms with van der Waals surface area (Å²) in [6.07, 6.45) is 1.78. The van der Waals surface area contributed by atoms with E-state index in [2.05, 4.69) is 0 Å². The fraction of sp³-hybridized carbons (Fsp3) is 0.300. The predicted octanol–water partition coefficient (Wildman–Crippen LogP) is 3.51. The van der Waals surface area contributed by atoms with Crippen molar-refractivity contribution in [1.29, 1.82) is 0 Å². The minimum Gasteiger partial charge on any atom is -0.503 e. The largest absolute Gasteiger partial charge is 0.503 e. The second-order valence-corrected chi connectivity index (χ2v) is 7.42. The lowest BCUT2D eigenvalue weighted by Crippen LogP contribution is -2.37. The Morgan fingerprint density at radius 3 is 2.69 bits per heavy atom. The number of hydrogen-bond donors (Lipinski definition) is 1. The van der Waals surface area contributed by atoms with E-state index in [9.17, 15) is 14.7 Å². The Bertz CT molecular complexity index is 838. The molecule has 1 amide bonds. The van der Waals surface area contributed by atoms with Crippen molar-refractivity contribution >= 4 is 23.0 Å². The highest BCUT2D eigenvalue weighted by Crippen LogP contribution is 2.40. The van der Waals surface area contributed by atoms with E-state index >= 15 is 0 Å². The number of ketones is 1. The van der Waals surface area contributed by atoms with Gasteiger partial charge in [0.15, 0.2) is 5.76 Å². The summed E-state index contributed by atoms with van der Waals surface area (Å²) in [5.74, 6) is -1.25. The van der Waals surface area contributed by atoms with Crippen molar-refractivity contribution in [3.8, 4) is 0 Å². The number of nitrogens with zero attached hydrogens (tertiary/aromatic N) is 1. The van der Waals surface area contributed by atoms with Crippen molar-refractivity contribution in [3.05, 3.63) is 69.6 Å². The molecule has 1 aromatic heterocycles. The van der Waals surface area contributed by atoms with Crippen LogP contribution in [0.25, 0.3) is 0 Å². The Morgan fingerprint density at radius 1 is 1.23 bits per heavy atom. The number of Topliss-reactive ketones (excluding diaryl/α,β-unsaturated/α-hetero) is 1. The van der Waals surface area contributed by atoms with Crippen LogP contribution < -0.4 is 0 Å². The number of thiophene rings is 1. The summed E-state index contributed by atoms with van der Waals surface area (Å²) in [6, 6.07) is 12.3. The summed E-state index contributed by atoms with van der Waals surface area (Å²) in [5.41, 5.74) is 0.962. The molecule has 2 aliphatic rings. The molecule has 5 nitrogen and oxygen atoms in total. The molecule has 1 aromatic carbocycles. The molecule has 2 aliphatic heterocycles. The molecule has 2 aromatic rings. The maximum Gasteiger partial charge on any atom is 0.290 e. The number of aliphatic hydroxyl groups excluding tert-OH is 1. The Kier molecular flexibility index (Phi) is 4.61. The molecule has 1 saturated heterocycles. The van der Waals surface area contributed by atoms with Crippen LogP contribution in [0.15, 0.2) is 59.2 Å². The van der Waals surface area contributed by atoms with Crippen LogP contribution >= 0.6 is 11.3 Å². The molecule has 0 unspecified atom stereocenters. The lowest BCUT2D eigenvalue weighted by Gasteiger charge is -2.28. The van der Waals surface area contributed by atoms with Crippen LogP contribution in [-0.4, -0.2) is 41.0 Å². The second-order valence-electron chi connectivity index (χ2n) is 6.47. The quantitative estimate of drug-likeness (QED) is 0.819. The van der Waals surface area contributed by atoms with Gasteiger partial charge in [-0.3, -0.25) is 9.59 Å². The molecule has 3 heterocycles. The minimum atomic E-state index is -0.595. The van der Waals surface area contributed by atoms with Crippen molar-refractivity contribution in [2.75, 3.05) is 13.2 Å². The average molecular weight is 369 g/mol. The molecule has 0 bridgehead atoms. The fourth-order valence-electron chi connectivity index (χ4n) is 3.60. The van der Waals surface area contributed by atoms with Crippen LogP contribution in [0, 0.1) is 0 Å². The van der Waals surface area contributed by atoms with Crippen molar-refractivity contribution < 1.29 is 19.4 Å². The molecule has 6 heteroatoms. The highest BCUT2D eigenvalue weighted by atomic mass is 32.1.